The standard InChI is InChI=1S/C14H10ClF4NO/c15-10-4-5-13(16)9(6-10)8-20-11-2-1-3-12(7-11)21-14(17,18)19/h1-7,20H,8H2. The van der Waals surface area contributed by atoms with Gasteiger partial charge in [-0.1, -0.05) is 17.7 Å². The number of benzene rings is 2. The Labute approximate surface area is 123 Å². The van der Waals surface area contributed by atoms with E-state index in [9.17, 15) is 17.6 Å². The molecular formula is C14H10ClF4NO. The summed E-state index contributed by atoms with van der Waals surface area (Å²) in [6, 6.07) is 9.39. The minimum Gasteiger partial charge on any atom is -0.406 e. The summed E-state index contributed by atoms with van der Waals surface area (Å²) in [6.45, 7) is 0.0852. The molecule has 0 bridgehead atoms. The van der Waals surface area contributed by atoms with Gasteiger partial charge in [0.2, 0.25) is 0 Å². The fourth-order valence-corrected chi connectivity index (χ4v) is 1.87. The van der Waals surface area contributed by atoms with Crippen LogP contribution in [0.1, 0.15) is 5.56 Å². The number of alkyl halides is 3. The minimum absolute atomic E-state index is 0.0852. The SMILES string of the molecule is Fc1ccc(Cl)cc1CNc1cccc(OC(F)(F)F)c1. The van der Waals surface area contributed by atoms with Crippen molar-refractivity contribution in [1.82, 2.24) is 0 Å². The van der Waals surface area contributed by atoms with Gasteiger partial charge in [-0.2, -0.15) is 0 Å². The predicted octanol–water partition coefficient (Wildman–Crippen LogP) is 4.99. The zero-order chi connectivity index (χ0) is 15.5. The average molecular weight is 320 g/mol. The number of nitrogens with one attached hydrogen (secondary N) is 1. The summed E-state index contributed by atoms with van der Waals surface area (Å²) in [4.78, 5) is 0. The van der Waals surface area contributed by atoms with Crippen molar-refractivity contribution >= 4 is 17.3 Å². The van der Waals surface area contributed by atoms with Gasteiger partial charge < -0.3 is 10.1 Å². The van der Waals surface area contributed by atoms with E-state index in [0.717, 1.165) is 0 Å². The molecule has 0 aliphatic heterocycles. The Hall–Kier alpha value is -1.95. The molecule has 0 heterocycles. The molecule has 1 N–H and O–H groups in total. The second-order valence-electron chi connectivity index (χ2n) is 4.16. The highest BCUT2D eigenvalue weighted by molar-refractivity contribution is 6.30. The summed E-state index contributed by atoms with van der Waals surface area (Å²) in [5.74, 6) is -0.798. The van der Waals surface area contributed by atoms with Crippen LogP contribution in [0.25, 0.3) is 0 Å². The Morgan fingerprint density at radius 1 is 1.10 bits per heavy atom. The highest BCUT2D eigenvalue weighted by Crippen LogP contribution is 2.25. The lowest BCUT2D eigenvalue weighted by Crippen LogP contribution is -2.17. The van der Waals surface area contributed by atoms with Crippen LogP contribution in [0.3, 0.4) is 0 Å². The van der Waals surface area contributed by atoms with E-state index in [2.05, 4.69) is 10.1 Å². The van der Waals surface area contributed by atoms with Gasteiger partial charge in [0.25, 0.3) is 0 Å². The van der Waals surface area contributed by atoms with Crippen LogP contribution in [0.4, 0.5) is 23.2 Å². The molecule has 2 aromatic carbocycles. The first-order chi connectivity index (χ1) is 9.83. The number of anilines is 1. The van der Waals surface area contributed by atoms with Crippen LogP contribution in [0.15, 0.2) is 42.5 Å². The summed E-state index contributed by atoms with van der Waals surface area (Å²) in [7, 11) is 0. The van der Waals surface area contributed by atoms with E-state index < -0.39 is 12.2 Å². The fraction of sp³-hybridized carbons (Fsp3) is 0.143. The van der Waals surface area contributed by atoms with Crippen LogP contribution >= 0.6 is 11.6 Å². The van der Waals surface area contributed by atoms with Gasteiger partial charge in [0.1, 0.15) is 11.6 Å². The topological polar surface area (TPSA) is 21.3 Å². The van der Waals surface area contributed by atoms with E-state index in [1.807, 2.05) is 0 Å². The molecule has 0 spiro atoms. The van der Waals surface area contributed by atoms with Crippen LogP contribution in [-0.4, -0.2) is 6.36 Å². The van der Waals surface area contributed by atoms with Gasteiger partial charge in [0.15, 0.2) is 0 Å². The van der Waals surface area contributed by atoms with Crippen LogP contribution < -0.4 is 10.1 Å². The van der Waals surface area contributed by atoms with Gasteiger partial charge in [-0.05, 0) is 30.3 Å². The first-order valence-corrected chi connectivity index (χ1v) is 6.25. The fourth-order valence-electron chi connectivity index (χ4n) is 1.68. The molecule has 0 saturated heterocycles. The molecule has 2 rings (SSSR count). The Balaban J connectivity index is 2.06. The molecule has 112 valence electrons. The van der Waals surface area contributed by atoms with Crippen LogP contribution in [0.5, 0.6) is 5.75 Å². The van der Waals surface area contributed by atoms with E-state index >= 15 is 0 Å². The normalized spacial score (nSPS) is 11.3. The maximum atomic E-state index is 13.5. The molecule has 2 nitrogen and oxygen atoms in total. The lowest BCUT2D eigenvalue weighted by molar-refractivity contribution is -0.274. The molecule has 0 unspecified atom stereocenters. The van der Waals surface area contributed by atoms with Gasteiger partial charge in [0.05, 0.1) is 0 Å². The predicted molar refractivity (Wildman–Crippen MR) is 71.9 cm³/mol. The Bertz CT molecular complexity index is 631. The molecule has 0 amide bonds. The first kappa shape index (κ1) is 15.4. The van der Waals surface area contributed by atoms with Crippen molar-refractivity contribution < 1.29 is 22.3 Å². The van der Waals surface area contributed by atoms with Gasteiger partial charge in [0, 0.05) is 28.9 Å². The smallest absolute Gasteiger partial charge is 0.406 e. The largest absolute Gasteiger partial charge is 0.573 e. The summed E-state index contributed by atoms with van der Waals surface area (Å²) in [5.41, 5.74) is 0.681. The Morgan fingerprint density at radius 2 is 1.86 bits per heavy atom. The van der Waals surface area contributed by atoms with Gasteiger partial charge >= 0.3 is 6.36 Å². The second-order valence-corrected chi connectivity index (χ2v) is 4.60. The molecule has 0 aliphatic rings. The molecule has 0 radical (unpaired) electrons. The quantitative estimate of drug-likeness (QED) is 0.802. The van der Waals surface area contributed by atoms with Crippen LogP contribution in [0, 0.1) is 5.82 Å². The molecular weight excluding hydrogens is 310 g/mol. The lowest BCUT2D eigenvalue weighted by atomic mass is 10.2. The van der Waals surface area contributed by atoms with E-state index in [-0.39, 0.29) is 12.3 Å². The van der Waals surface area contributed by atoms with Crippen molar-refractivity contribution in [3.63, 3.8) is 0 Å². The number of hydrogen-bond donors (Lipinski definition) is 1. The maximum Gasteiger partial charge on any atom is 0.573 e. The second kappa shape index (κ2) is 6.22. The number of ether oxygens (including phenoxy) is 1. The summed E-state index contributed by atoms with van der Waals surface area (Å²) in [5, 5.41) is 3.19. The van der Waals surface area contributed by atoms with E-state index in [0.29, 0.717) is 16.3 Å². The average Bonchev–Trinajstić information content (AvgIpc) is 2.38. The van der Waals surface area contributed by atoms with E-state index in [1.165, 1.54) is 36.4 Å². The monoisotopic (exact) mass is 319 g/mol. The van der Waals surface area contributed by atoms with Crippen molar-refractivity contribution in [3.05, 3.63) is 58.9 Å². The van der Waals surface area contributed by atoms with Crippen molar-refractivity contribution in [1.29, 1.82) is 0 Å². The first-order valence-electron chi connectivity index (χ1n) is 5.87. The third-order valence-electron chi connectivity index (χ3n) is 2.56. The third-order valence-corrected chi connectivity index (χ3v) is 2.79. The van der Waals surface area contributed by atoms with Crippen LogP contribution in [0.2, 0.25) is 5.02 Å². The summed E-state index contributed by atoms with van der Waals surface area (Å²) < 4.78 is 53.6. The number of rotatable bonds is 4. The Kier molecular flexibility index (Phi) is 4.57. The van der Waals surface area contributed by atoms with Gasteiger partial charge in [-0.15, -0.1) is 13.2 Å². The molecule has 0 aromatic heterocycles. The summed E-state index contributed by atoms with van der Waals surface area (Å²) in [6.07, 6.45) is -4.75. The third kappa shape index (κ3) is 4.82. The highest BCUT2D eigenvalue weighted by atomic mass is 35.5. The molecule has 7 heteroatoms. The lowest BCUT2D eigenvalue weighted by Gasteiger charge is -2.11. The molecule has 2 aromatic rings. The van der Waals surface area contributed by atoms with Gasteiger partial charge in [-0.25, -0.2) is 4.39 Å². The van der Waals surface area contributed by atoms with Crippen molar-refractivity contribution in [3.8, 4) is 5.75 Å². The van der Waals surface area contributed by atoms with Crippen molar-refractivity contribution in [2.45, 2.75) is 12.9 Å². The van der Waals surface area contributed by atoms with Crippen molar-refractivity contribution in [2.75, 3.05) is 5.32 Å². The van der Waals surface area contributed by atoms with E-state index in [1.54, 1.807) is 6.07 Å². The Morgan fingerprint density at radius 3 is 2.57 bits per heavy atom. The summed E-state index contributed by atoms with van der Waals surface area (Å²) >= 11 is 5.76. The molecule has 0 aliphatic carbocycles. The van der Waals surface area contributed by atoms with Crippen LogP contribution in [-0.2, 0) is 6.54 Å². The highest BCUT2D eigenvalue weighted by Gasteiger charge is 2.31. The van der Waals surface area contributed by atoms with Gasteiger partial charge in [-0.3, -0.25) is 0 Å². The molecule has 0 atom stereocenters. The molecule has 0 fully saturated rings. The maximum absolute atomic E-state index is 13.5. The minimum atomic E-state index is -4.75. The molecule has 21 heavy (non-hydrogen) atoms. The molecule has 0 saturated carbocycles. The zero-order valence-electron chi connectivity index (χ0n) is 10.5. The zero-order valence-corrected chi connectivity index (χ0v) is 11.3. The number of halogens is 5. The van der Waals surface area contributed by atoms with Crippen molar-refractivity contribution in [2.24, 2.45) is 0 Å². The van der Waals surface area contributed by atoms with E-state index in [4.69, 9.17) is 11.6 Å². The number of hydrogen-bond acceptors (Lipinski definition) is 2.